The summed E-state index contributed by atoms with van der Waals surface area (Å²) in [7, 11) is 0. The minimum Gasteiger partial charge on any atom is -0.489 e. The number of anilines is 1. The molecule has 4 atom stereocenters. The minimum atomic E-state index is 0.111. The highest BCUT2D eigenvalue weighted by molar-refractivity contribution is 8.14. The summed E-state index contributed by atoms with van der Waals surface area (Å²) in [5, 5.41) is 1.16. The van der Waals surface area contributed by atoms with Crippen molar-refractivity contribution in [3.05, 3.63) is 54.1 Å². The van der Waals surface area contributed by atoms with E-state index in [2.05, 4.69) is 60.4 Å². The van der Waals surface area contributed by atoms with Crippen LogP contribution >= 0.6 is 11.8 Å². The zero-order chi connectivity index (χ0) is 15.2. The van der Waals surface area contributed by atoms with Gasteiger partial charge < -0.3 is 9.64 Å². The van der Waals surface area contributed by atoms with E-state index in [9.17, 15) is 0 Å². The lowest BCUT2D eigenvalue weighted by Crippen LogP contribution is -2.71. The molecule has 0 spiro atoms. The molecular formula is C19H16N2OS. The Balaban J connectivity index is 1.58. The predicted octanol–water partition coefficient (Wildman–Crippen LogP) is 4.25. The molecule has 114 valence electrons. The third-order valence-electron chi connectivity index (χ3n) is 5.85. The lowest BCUT2D eigenvalue weighted by atomic mass is 9.58. The molecule has 2 aromatic rings. The zero-order valence-corrected chi connectivity index (χ0v) is 13.6. The molecule has 1 saturated carbocycles. The van der Waals surface area contributed by atoms with Gasteiger partial charge in [0.05, 0.1) is 17.3 Å². The molecule has 4 heteroatoms. The number of thioether (sulfide) groups is 1. The number of benzene rings is 2. The molecule has 3 unspecified atom stereocenters. The van der Waals surface area contributed by atoms with Gasteiger partial charge in [0.25, 0.3) is 0 Å². The van der Waals surface area contributed by atoms with Crippen LogP contribution < -0.4 is 9.64 Å². The van der Waals surface area contributed by atoms with E-state index < -0.39 is 0 Å². The van der Waals surface area contributed by atoms with Gasteiger partial charge in [-0.3, -0.25) is 4.99 Å². The first kappa shape index (κ1) is 12.5. The number of fused-ring (bicyclic) bond motifs is 6. The van der Waals surface area contributed by atoms with Crippen LogP contribution in [0.3, 0.4) is 0 Å². The maximum atomic E-state index is 6.27. The van der Waals surface area contributed by atoms with Gasteiger partial charge in [0.1, 0.15) is 11.9 Å². The van der Waals surface area contributed by atoms with Gasteiger partial charge in [-0.15, -0.1) is 0 Å². The molecule has 3 nitrogen and oxygen atoms in total. The molecule has 2 aromatic carbocycles. The van der Waals surface area contributed by atoms with Crippen molar-refractivity contribution in [1.82, 2.24) is 0 Å². The SMILES string of the molecule is CC12CC3Oc4ccccc4[C@H](N=C4Sc5ccccc5N41)C32. The molecular weight excluding hydrogens is 304 g/mol. The standard InChI is InChI=1S/C19H16N2OS/c1-19-10-14-16(19)17(11-6-2-4-8-13(11)22-14)20-18-21(19)12-7-3-5-9-15(12)23-18/h2-9,14,16-17H,10H2,1H3/t14?,16?,17-,19?/m0/s1. The summed E-state index contributed by atoms with van der Waals surface area (Å²) in [6.07, 6.45) is 1.36. The van der Waals surface area contributed by atoms with Crippen LogP contribution in [0, 0.1) is 5.92 Å². The van der Waals surface area contributed by atoms with Crippen molar-refractivity contribution < 1.29 is 4.74 Å². The number of nitrogens with zero attached hydrogens (tertiary/aromatic N) is 2. The first-order valence-electron chi connectivity index (χ1n) is 8.16. The van der Waals surface area contributed by atoms with Gasteiger partial charge in [0.2, 0.25) is 0 Å². The zero-order valence-electron chi connectivity index (χ0n) is 12.8. The van der Waals surface area contributed by atoms with E-state index in [-0.39, 0.29) is 11.6 Å². The average molecular weight is 320 g/mol. The second-order valence-corrected chi connectivity index (χ2v) is 8.05. The molecule has 1 fully saturated rings. The van der Waals surface area contributed by atoms with Gasteiger partial charge in [-0.25, -0.2) is 0 Å². The van der Waals surface area contributed by atoms with E-state index in [1.165, 1.54) is 16.1 Å². The number of ether oxygens (including phenoxy) is 1. The minimum absolute atomic E-state index is 0.111. The Hall–Kier alpha value is -1.94. The smallest absolute Gasteiger partial charge is 0.169 e. The van der Waals surface area contributed by atoms with Crippen molar-refractivity contribution in [2.75, 3.05) is 4.90 Å². The third kappa shape index (κ3) is 1.37. The number of rotatable bonds is 0. The maximum absolute atomic E-state index is 6.27. The average Bonchev–Trinajstić information content (AvgIpc) is 2.92. The van der Waals surface area contributed by atoms with Gasteiger partial charge in [-0.05, 0) is 36.9 Å². The van der Waals surface area contributed by atoms with Gasteiger partial charge in [0, 0.05) is 22.8 Å². The summed E-state index contributed by atoms with van der Waals surface area (Å²) in [5.74, 6) is 1.46. The van der Waals surface area contributed by atoms with E-state index in [1.807, 2.05) is 11.8 Å². The fourth-order valence-electron chi connectivity index (χ4n) is 4.82. The molecule has 4 aliphatic rings. The van der Waals surface area contributed by atoms with Crippen LogP contribution in [0.5, 0.6) is 5.75 Å². The molecule has 0 aromatic heterocycles. The van der Waals surface area contributed by atoms with Crippen LogP contribution in [0.25, 0.3) is 0 Å². The Labute approximate surface area is 139 Å². The molecule has 0 radical (unpaired) electrons. The third-order valence-corrected chi connectivity index (χ3v) is 6.88. The summed E-state index contributed by atoms with van der Waals surface area (Å²) in [6.45, 7) is 2.38. The fraction of sp³-hybridized carbons (Fsp3) is 0.316. The van der Waals surface area contributed by atoms with E-state index in [0.29, 0.717) is 12.0 Å². The molecule has 0 N–H and O–H groups in total. The van der Waals surface area contributed by atoms with Gasteiger partial charge in [0.15, 0.2) is 5.17 Å². The number of para-hydroxylation sites is 2. The Morgan fingerprint density at radius 2 is 2.00 bits per heavy atom. The molecule has 1 aliphatic carbocycles. The van der Waals surface area contributed by atoms with Crippen molar-refractivity contribution in [2.24, 2.45) is 10.9 Å². The summed E-state index contributed by atoms with van der Waals surface area (Å²) < 4.78 is 6.27. The molecule has 23 heavy (non-hydrogen) atoms. The lowest BCUT2D eigenvalue weighted by Gasteiger charge is -2.62. The van der Waals surface area contributed by atoms with Crippen LogP contribution in [-0.2, 0) is 0 Å². The number of hydrogen-bond donors (Lipinski definition) is 0. The quantitative estimate of drug-likeness (QED) is 0.725. The van der Waals surface area contributed by atoms with Gasteiger partial charge in [-0.2, -0.15) is 0 Å². The maximum Gasteiger partial charge on any atom is 0.169 e. The first-order valence-corrected chi connectivity index (χ1v) is 8.98. The van der Waals surface area contributed by atoms with Crippen molar-refractivity contribution in [3.8, 4) is 5.75 Å². The van der Waals surface area contributed by atoms with Crippen molar-refractivity contribution in [3.63, 3.8) is 0 Å². The van der Waals surface area contributed by atoms with Crippen molar-refractivity contribution in [1.29, 1.82) is 0 Å². The number of aliphatic imine (C=N–C) groups is 1. The summed E-state index contributed by atoms with van der Waals surface area (Å²) in [5.41, 5.74) is 2.68. The van der Waals surface area contributed by atoms with E-state index >= 15 is 0 Å². The second-order valence-electron chi connectivity index (χ2n) is 7.04. The van der Waals surface area contributed by atoms with Crippen LogP contribution in [-0.4, -0.2) is 16.8 Å². The van der Waals surface area contributed by atoms with Gasteiger partial charge in [-0.1, -0.05) is 30.3 Å². The van der Waals surface area contributed by atoms with Crippen LogP contribution in [0.15, 0.2) is 58.4 Å². The molecule has 3 aliphatic heterocycles. The van der Waals surface area contributed by atoms with Gasteiger partial charge >= 0.3 is 0 Å². The highest BCUT2D eigenvalue weighted by Gasteiger charge is 2.65. The van der Waals surface area contributed by atoms with E-state index in [1.54, 1.807) is 0 Å². The topological polar surface area (TPSA) is 24.8 Å². The lowest BCUT2D eigenvalue weighted by molar-refractivity contribution is -0.0574. The van der Waals surface area contributed by atoms with Crippen molar-refractivity contribution >= 4 is 22.6 Å². The highest BCUT2D eigenvalue weighted by Crippen LogP contribution is 2.62. The predicted molar refractivity (Wildman–Crippen MR) is 92.3 cm³/mol. The monoisotopic (exact) mass is 320 g/mol. The number of amidine groups is 1. The van der Waals surface area contributed by atoms with E-state index in [0.717, 1.165) is 17.3 Å². The van der Waals surface area contributed by atoms with Crippen molar-refractivity contribution in [2.45, 2.75) is 35.9 Å². The molecule has 3 heterocycles. The summed E-state index contributed by atoms with van der Waals surface area (Å²) in [6, 6.07) is 17.3. The van der Waals surface area contributed by atoms with Crippen LogP contribution in [0.4, 0.5) is 5.69 Å². The largest absolute Gasteiger partial charge is 0.489 e. The first-order chi connectivity index (χ1) is 11.3. The fourth-order valence-corrected chi connectivity index (χ4v) is 5.99. The summed E-state index contributed by atoms with van der Waals surface area (Å²) >= 11 is 1.81. The molecule has 0 bridgehead atoms. The van der Waals surface area contributed by atoms with Crippen LogP contribution in [0.1, 0.15) is 24.9 Å². The highest BCUT2D eigenvalue weighted by atomic mass is 32.2. The second kappa shape index (κ2) is 3.93. The molecule has 6 rings (SSSR count). The van der Waals surface area contributed by atoms with Crippen LogP contribution in [0.2, 0.25) is 0 Å². The summed E-state index contributed by atoms with van der Waals surface area (Å²) in [4.78, 5) is 8.97. The normalized spacial score (nSPS) is 35.1. The Morgan fingerprint density at radius 3 is 2.96 bits per heavy atom. The molecule has 0 amide bonds. The molecule has 0 saturated heterocycles. The Bertz CT molecular complexity index is 879. The Kier molecular flexibility index (Phi) is 2.13. The number of hydrogen-bond acceptors (Lipinski definition) is 4. The Morgan fingerprint density at radius 1 is 1.17 bits per heavy atom. The van der Waals surface area contributed by atoms with E-state index in [4.69, 9.17) is 9.73 Å².